The molecule has 1 N–H and O–H groups in total. The fourth-order valence-corrected chi connectivity index (χ4v) is 2.00. The fraction of sp³-hybridized carbons (Fsp3) is 0.188. The summed E-state index contributed by atoms with van der Waals surface area (Å²) in [7, 11) is 1.31. The molecule has 2 aromatic rings. The number of hydrogen-bond acceptors (Lipinski definition) is 4. The van der Waals surface area contributed by atoms with Crippen molar-refractivity contribution in [3.8, 4) is 5.75 Å². The second-order valence-electron chi connectivity index (χ2n) is 4.91. The van der Waals surface area contributed by atoms with Crippen molar-refractivity contribution in [1.82, 2.24) is 5.32 Å². The maximum atomic E-state index is 13.5. The van der Waals surface area contributed by atoms with Crippen LogP contribution in [0.1, 0.15) is 21.5 Å². The first-order chi connectivity index (χ1) is 10.9. The Hall–Kier alpha value is -2.96. The lowest BCUT2D eigenvalue weighted by Crippen LogP contribution is -2.23. The standard InChI is InChI=1S/C16H15FN2O4/c1-10-3-4-11(7-13(10)17)9-18-16(20)12-5-6-15(23-2)14(8-12)19(21)22/h3-8H,9H2,1-2H3,(H,18,20). The Morgan fingerprint density at radius 2 is 2.04 bits per heavy atom. The van der Waals surface area contributed by atoms with Crippen LogP contribution in [0.3, 0.4) is 0 Å². The van der Waals surface area contributed by atoms with Crippen molar-refractivity contribution in [2.75, 3.05) is 7.11 Å². The Kier molecular flexibility index (Phi) is 4.90. The number of nitrogens with one attached hydrogen (secondary N) is 1. The zero-order valence-corrected chi connectivity index (χ0v) is 12.6. The smallest absolute Gasteiger partial charge is 0.311 e. The van der Waals surface area contributed by atoms with E-state index in [2.05, 4.69) is 5.32 Å². The third-order valence-corrected chi connectivity index (χ3v) is 3.33. The number of aryl methyl sites for hydroxylation is 1. The van der Waals surface area contributed by atoms with Crippen molar-refractivity contribution in [1.29, 1.82) is 0 Å². The minimum Gasteiger partial charge on any atom is -0.490 e. The summed E-state index contributed by atoms with van der Waals surface area (Å²) in [5.41, 5.74) is 0.960. The lowest BCUT2D eigenvalue weighted by Gasteiger charge is -2.08. The van der Waals surface area contributed by atoms with Gasteiger partial charge in [-0.15, -0.1) is 0 Å². The Morgan fingerprint density at radius 1 is 1.30 bits per heavy atom. The quantitative estimate of drug-likeness (QED) is 0.679. The summed E-state index contributed by atoms with van der Waals surface area (Å²) in [6, 6.07) is 8.59. The number of nitro benzene ring substituents is 1. The lowest BCUT2D eigenvalue weighted by molar-refractivity contribution is -0.385. The molecule has 0 aliphatic rings. The van der Waals surface area contributed by atoms with Crippen LogP contribution in [0, 0.1) is 22.9 Å². The van der Waals surface area contributed by atoms with E-state index in [1.54, 1.807) is 19.1 Å². The Balaban J connectivity index is 2.13. The van der Waals surface area contributed by atoms with E-state index in [9.17, 15) is 19.3 Å². The van der Waals surface area contributed by atoms with Crippen LogP contribution in [0.25, 0.3) is 0 Å². The van der Waals surface area contributed by atoms with Crippen LogP contribution >= 0.6 is 0 Å². The third-order valence-electron chi connectivity index (χ3n) is 3.33. The van der Waals surface area contributed by atoms with Crippen LogP contribution in [0.2, 0.25) is 0 Å². The van der Waals surface area contributed by atoms with Gasteiger partial charge in [-0.2, -0.15) is 0 Å². The third kappa shape index (κ3) is 3.82. The summed E-state index contributed by atoms with van der Waals surface area (Å²) in [6.45, 7) is 1.77. The SMILES string of the molecule is COc1ccc(C(=O)NCc2ccc(C)c(F)c2)cc1[N+](=O)[O-]. The molecule has 0 bridgehead atoms. The topological polar surface area (TPSA) is 81.5 Å². The number of ether oxygens (including phenoxy) is 1. The Morgan fingerprint density at radius 3 is 2.65 bits per heavy atom. The first-order valence-corrected chi connectivity index (χ1v) is 6.78. The van der Waals surface area contributed by atoms with E-state index in [1.807, 2.05) is 0 Å². The molecule has 0 aromatic heterocycles. The number of carbonyl (C=O) groups excluding carboxylic acids is 1. The van der Waals surface area contributed by atoms with Crippen molar-refractivity contribution < 1.29 is 18.8 Å². The molecule has 6 nitrogen and oxygen atoms in total. The molecule has 0 heterocycles. The van der Waals surface area contributed by atoms with Crippen LogP contribution in [0.5, 0.6) is 5.75 Å². The van der Waals surface area contributed by atoms with E-state index in [4.69, 9.17) is 4.74 Å². The monoisotopic (exact) mass is 318 g/mol. The molecule has 0 fully saturated rings. The molecule has 2 aromatic carbocycles. The maximum Gasteiger partial charge on any atom is 0.311 e. The first kappa shape index (κ1) is 16.4. The van der Waals surface area contributed by atoms with Gasteiger partial charge in [-0.25, -0.2) is 4.39 Å². The molecule has 0 aliphatic carbocycles. The van der Waals surface area contributed by atoms with Gasteiger partial charge in [-0.05, 0) is 36.2 Å². The highest BCUT2D eigenvalue weighted by atomic mass is 19.1. The molecular weight excluding hydrogens is 303 g/mol. The molecule has 0 saturated heterocycles. The molecule has 120 valence electrons. The van der Waals surface area contributed by atoms with Gasteiger partial charge in [0.05, 0.1) is 12.0 Å². The number of rotatable bonds is 5. The zero-order chi connectivity index (χ0) is 17.0. The second kappa shape index (κ2) is 6.87. The molecule has 0 saturated carbocycles. The van der Waals surface area contributed by atoms with Gasteiger partial charge in [0.2, 0.25) is 0 Å². The van der Waals surface area contributed by atoms with Crippen molar-refractivity contribution >= 4 is 11.6 Å². The van der Waals surface area contributed by atoms with Crippen molar-refractivity contribution in [3.05, 3.63) is 69.0 Å². The van der Waals surface area contributed by atoms with E-state index < -0.39 is 10.8 Å². The van der Waals surface area contributed by atoms with E-state index in [-0.39, 0.29) is 29.4 Å². The molecule has 2 rings (SSSR count). The lowest BCUT2D eigenvalue weighted by atomic mass is 10.1. The first-order valence-electron chi connectivity index (χ1n) is 6.78. The summed E-state index contributed by atoms with van der Waals surface area (Å²) in [4.78, 5) is 22.4. The van der Waals surface area contributed by atoms with Crippen LogP contribution in [-0.4, -0.2) is 17.9 Å². The molecule has 0 radical (unpaired) electrons. The molecule has 1 amide bonds. The molecule has 0 aliphatic heterocycles. The van der Waals surface area contributed by atoms with Crippen molar-refractivity contribution in [2.24, 2.45) is 0 Å². The van der Waals surface area contributed by atoms with E-state index >= 15 is 0 Å². The molecule has 0 unspecified atom stereocenters. The molecular formula is C16H15FN2O4. The van der Waals surface area contributed by atoms with Gasteiger partial charge in [0, 0.05) is 18.2 Å². The fourth-order valence-electron chi connectivity index (χ4n) is 2.00. The molecule has 7 heteroatoms. The van der Waals surface area contributed by atoms with Crippen molar-refractivity contribution in [3.63, 3.8) is 0 Å². The number of nitro groups is 1. The number of benzene rings is 2. The molecule has 0 spiro atoms. The van der Waals surface area contributed by atoms with Gasteiger partial charge < -0.3 is 10.1 Å². The average molecular weight is 318 g/mol. The zero-order valence-electron chi connectivity index (χ0n) is 12.6. The van der Waals surface area contributed by atoms with E-state index in [1.165, 1.54) is 25.3 Å². The minimum atomic E-state index is -0.620. The van der Waals surface area contributed by atoms with Crippen LogP contribution in [-0.2, 0) is 6.54 Å². The molecule has 0 atom stereocenters. The van der Waals surface area contributed by atoms with Gasteiger partial charge >= 0.3 is 5.69 Å². The van der Waals surface area contributed by atoms with Crippen LogP contribution < -0.4 is 10.1 Å². The van der Waals surface area contributed by atoms with Gasteiger partial charge in [-0.3, -0.25) is 14.9 Å². The maximum absolute atomic E-state index is 13.5. The summed E-state index contributed by atoms with van der Waals surface area (Å²) in [5.74, 6) is -0.763. The van der Waals surface area contributed by atoms with Gasteiger partial charge in [0.15, 0.2) is 5.75 Å². The van der Waals surface area contributed by atoms with Crippen LogP contribution in [0.15, 0.2) is 36.4 Å². The normalized spacial score (nSPS) is 10.2. The second-order valence-corrected chi connectivity index (χ2v) is 4.91. The van der Waals surface area contributed by atoms with E-state index in [0.29, 0.717) is 11.1 Å². The number of hydrogen-bond donors (Lipinski definition) is 1. The van der Waals surface area contributed by atoms with Gasteiger partial charge in [-0.1, -0.05) is 12.1 Å². The summed E-state index contributed by atoms with van der Waals surface area (Å²) in [6.07, 6.45) is 0. The summed E-state index contributed by atoms with van der Waals surface area (Å²) < 4.78 is 18.3. The number of methoxy groups -OCH3 is 1. The summed E-state index contributed by atoms with van der Waals surface area (Å²) >= 11 is 0. The minimum absolute atomic E-state index is 0.0761. The average Bonchev–Trinajstić information content (AvgIpc) is 2.54. The predicted molar refractivity (Wildman–Crippen MR) is 82.0 cm³/mol. The number of carbonyl (C=O) groups is 1. The van der Waals surface area contributed by atoms with Gasteiger partial charge in [0.25, 0.3) is 5.91 Å². The van der Waals surface area contributed by atoms with Gasteiger partial charge in [0.1, 0.15) is 5.82 Å². The Bertz CT molecular complexity index is 762. The highest BCUT2D eigenvalue weighted by molar-refractivity contribution is 5.95. The number of amides is 1. The summed E-state index contributed by atoms with van der Waals surface area (Å²) in [5, 5.41) is 13.6. The highest BCUT2D eigenvalue weighted by Gasteiger charge is 2.18. The highest BCUT2D eigenvalue weighted by Crippen LogP contribution is 2.27. The van der Waals surface area contributed by atoms with E-state index in [0.717, 1.165) is 6.07 Å². The number of halogens is 1. The number of nitrogens with zero attached hydrogens (tertiary/aromatic N) is 1. The van der Waals surface area contributed by atoms with Crippen molar-refractivity contribution in [2.45, 2.75) is 13.5 Å². The van der Waals surface area contributed by atoms with Crippen LogP contribution in [0.4, 0.5) is 10.1 Å². The Labute approximate surface area is 132 Å². The molecule has 23 heavy (non-hydrogen) atoms. The predicted octanol–water partition coefficient (Wildman–Crippen LogP) is 2.98. The largest absolute Gasteiger partial charge is 0.490 e.